The number of aliphatic hydroxyl groups is 1. The summed E-state index contributed by atoms with van der Waals surface area (Å²) in [6, 6.07) is 10.5. The van der Waals surface area contributed by atoms with E-state index in [1.54, 1.807) is 33.6 Å². The third kappa shape index (κ3) is 4.21. The first-order valence-corrected chi connectivity index (χ1v) is 11.7. The first kappa shape index (κ1) is 22.3. The van der Waals surface area contributed by atoms with Crippen molar-refractivity contribution in [2.24, 2.45) is 7.05 Å². The smallest absolute Gasteiger partial charge is 0.280 e. The van der Waals surface area contributed by atoms with Gasteiger partial charge in [-0.05, 0) is 30.7 Å². The lowest BCUT2D eigenvalue weighted by Crippen LogP contribution is -2.30. The SMILES string of the molecule is Cc1sc(C(=O)N[C@H](CO)c2cccc(Cl)c2)nc1-c1cnn2cc(-c3cnn(C)c3)ccc12. The van der Waals surface area contributed by atoms with Crippen molar-refractivity contribution in [2.75, 3.05) is 6.61 Å². The fourth-order valence-corrected chi connectivity index (χ4v) is 4.86. The zero-order valence-corrected chi connectivity index (χ0v) is 20.0. The molecule has 0 bridgehead atoms. The molecule has 172 valence electrons. The number of aliphatic hydroxyl groups excluding tert-OH is 1. The minimum Gasteiger partial charge on any atom is -0.394 e. The Balaban J connectivity index is 1.42. The summed E-state index contributed by atoms with van der Waals surface area (Å²) in [5, 5.41) is 22.2. The van der Waals surface area contributed by atoms with Gasteiger partial charge in [-0.25, -0.2) is 9.50 Å². The predicted molar refractivity (Wildman–Crippen MR) is 132 cm³/mol. The zero-order valence-electron chi connectivity index (χ0n) is 18.4. The average molecular weight is 493 g/mol. The molecular formula is C24H21ClN6O2S. The molecule has 5 rings (SSSR count). The van der Waals surface area contributed by atoms with Gasteiger partial charge in [0.2, 0.25) is 0 Å². The zero-order chi connectivity index (χ0) is 23.8. The number of carbonyl (C=O) groups excluding carboxylic acids is 1. The second-order valence-electron chi connectivity index (χ2n) is 7.90. The van der Waals surface area contributed by atoms with Crippen LogP contribution >= 0.6 is 22.9 Å². The van der Waals surface area contributed by atoms with E-state index < -0.39 is 6.04 Å². The highest BCUT2D eigenvalue weighted by molar-refractivity contribution is 7.14. The highest BCUT2D eigenvalue weighted by atomic mass is 35.5. The van der Waals surface area contributed by atoms with Crippen LogP contribution in [0.15, 0.2) is 61.2 Å². The van der Waals surface area contributed by atoms with E-state index in [1.165, 1.54) is 11.3 Å². The van der Waals surface area contributed by atoms with Crippen LogP contribution in [0.3, 0.4) is 0 Å². The summed E-state index contributed by atoms with van der Waals surface area (Å²) in [6.07, 6.45) is 7.46. The molecule has 4 heterocycles. The lowest BCUT2D eigenvalue weighted by molar-refractivity contribution is 0.0916. The maximum atomic E-state index is 12.9. The number of amides is 1. The van der Waals surface area contributed by atoms with Gasteiger partial charge in [-0.15, -0.1) is 11.3 Å². The number of aromatic nitrogens is 5. The fraction of sp³-hybridized carbons (Fsp3) is 0.167. The Kier molecular flexibility index (Phi) is 5.91. The number of carbonyl (C=O) groups is 1. The minimum absolute atomic E-state index is 0.253. The van der Waals surface area contributed by atoms with Crippen LogP contribution in [0, 0.1) is 6.92 Å². The van der Waals surface area contributed by atoms with Gasteiger partial charge in [0, 0.05) is 46.0 Å². The second kappa shape index (κ2) is 9.02. The average Bonchev–Trinajstić information content (AvgIpc) is 3.54. The van der Waals surface area contributed by atoms with E-state index >= 15 is 0 Å². The molecule has 1 aromatic carbocycles. The molecule has 1 amide bonds. The first-order valence-electron chi connectivity index (χ1n) is 10.5. The molecule has 0 saturated heterocycles. The van der Waals surface area contributed by atoms with E-state index in [0.717, 1.165) is 32.6 Å². The highest BCUT2D eigenvalue weighted by Crippen LogP contribution is 2.32. The first-order chi connectivity index (χ1) is 16.4. The van der Waals surface area contributed by atoms with Gasteiger partial charge in [0.05, 0.1) is 36.3 Å². The quantitative estimate of drug-likeness (QED) is 0.368. The molecule has 0 fully saturated rings. The number of hydrogen-bond acceptors (Lipinski definition) is 6. The van der Waals surface area contributed by atoms with Crippen LogP contribution in [0.25, 0.3) is 27.9 Å². The molecule has 0 aliphatic rings. The molecule has 0 spiro atoms. The minimum atomic E-state index is -0.582. The number of pyridine rings is 1. The van der Waals surface area contributed by atoms with Crippen LogP contribution in [0.2, 0.25) is 5.02 Å². The van der Waals surface area contributed by atoms with Crippen LogP contribution in [0.1, 0.15) is 26.3 Å². The lowest BCUT2D eigenvalue weighted by atomic mass is 10.1. The number of thiazole rings is 1. The maximum Gasteiger partial charge on any atom is 0.280 e. The van der Waals surface area contributed by atoms with Crippen molar-refractivity contribution in [1.82, 2.24) is 29.7 Å². The predicted octanol–water partition coefficient (Wildman–Crippen LogP) is 4.28. The summed E-state index contributed by atoms with van der Waals surface area (Å²) >= 11 is 7.36. The number of nitrogens with one attached hydrogen (secondary N) is 1. The Morgan fingerprint density at radius 2 is 2.03 bits per heavy atom. The van der Waals surface area contributed by atoms with Crippen molar-refractivity contribution in [3.05, 3.63) is 81.7 Å². The number of aryl methyl sites for hydroxylation is 2. The van der Waals surface area contributed by atoms with Crippen LogP contribution in [0.4, 0.5) is 0 Å². The number of benzene rings is 1. The Bertz CT molecular complexity index is 1500. The number of rotatable bonds is 6. The molecule has 34 heavy (non-hydrogen) atoms. The van der Waals surface area contributed by atoms with Gasteiger partial charge in [-0.3, -0.25) is 9.48 Å². The highest BCUT2D eigenvalue weighted by Gasteiger charge is 2.21. The van der Waals surface area contributed by atoms with E-state index in [0.29, 0.717) is 15.7 Å². The van der Waals surface area contributed by atoms with Crippen molar-refractivity contribution in [3.63, 3.8) is 0 Å². The maximum absolute atomic E-state index is 12.9. The monoisotopic (exact) mass is 492 g/mol. The molecule has 0 unspecified atom stereocenters. The number of nitrogens with zero attached hydrogens (tertiary/aromatic N) is 5. The molecule has 0 saturated carbocycles. The normalized spacial score (nSPS) is 12.2. The van der Waals surface area contributed by atoms with Gasteiger partial charge < -0.3 is 10.4 Å². The van der Waals surface area contributed by atoms with Crippen molar-refractivity contribution in [1.29, 1.82) is 0 Å². The van der Waals surface area contributed by atoms with Crippen LogP contribution in [-0.4, -0.2) is 42.0 Å². The Morgan fingerprint density at radius 1 is 1.18 bits per heavy atom. The topological polar surface area (TPSA) is 97.3 Å². The summed E-state index contributed by atoms with van der Waals surface area (Å²) in [5.74, 6) is -0.353. The Hall–Kier alpha value is -3.53. The lowest BCUT2D eigenvalue weighted by Gasteiger charge is -2.16. The Labute approximate surface area is 204 Å². The van der Waals surface area contributed by atoms with Gasteiger partial charge in [0.15, 0.2) is 5.01 Å². The molecule has 1 atom stereocenters. The fourth-order valence-electron chi connectivity index (χ4n) is 3.83. The molecule has 5 aromatic rings. The molecule has 0 radical (unpaired) electrons. The van der Waals surface area contributed by atoms with Crippen molar-refractivity contribution in [3.8, 4) is 22.4 Å². The summed E-state index contributed by atoms with van der Waals surface area (Å²) in [6.45, 7) is 1.67. The summed E-state index contributed by atoms with van der Waals surface area (Å²) in [4.78, 5) is 18.5. The van der Waals surface area contributed by atoms with Gasteiger partial charge >= 0.3 is 0 Å². The molecular weight excluding hydrogens is 472 g/mol. The second-order valence-corrected chi connectivity index (χ2v) is 9.54. The van der Waals surface area contributed by atoms with E-state index in [9.17, 15) is 9.90 Å². The molecule has 4 aromatic heterocycles. The van der Waals surface area contributed by atoms with Crippen LogP contribution in [0.5, 0.6) is 0 Å². The van der Waals surface area contributed by atoms with E-state index in [2.05, 4.69) is 20.5 Å². The number of hydrogen-bond donors (Lipinski definition) is 2. The van der Waals surface area contributed by atoms with Crippen LogP contribution < -0.4 is 5.32 Å². The largest absolute Gasteiger partial charge is 0.394 e. The van der Waals surface area contributed by atoms with Gasteiger partial charge in [0.25, 0.3) is 5.91 Å². The molecule has 2 N–H and O–H groups in total. The summed E-state index contributed by atoms with van der Waals surface area (Å²) in [7, 11) is 1.88. The number of halogens is 1. The van der Waals surface area contributed by atoms with Crippen LogP contribution in [-0.2, 0) is 7.05 Å². The summed E-state index contributed by atoms with van der Waals surface area (Å²) < 4.78 is 3.56. The molecule has 10 heteroatoms. The van der Waals surface area contributed by atoms with E-state index in [-0.39, 0.29) is 12.5 Å². The third-order valence-corrected chi connectivity index (χ3v) is 6.74. The molecule has 0 aliphatic heterocycles. The summed E-state index contributed by atoms with van der Waals surface area (Å²) in [5.41, 5.74) is 5.18. The standard InChI is InChI=1S/C24H21ClN6O2S/c1-14-22(19-10-27-31-12-16(6-7-21(19)31)17-9-26-30(2)11-17)29-24(34-14)23(33)28-20(13-32)15-4-3-5-18(25)8-15/h3-12,20,32H,13H2,1-2H3,(H,28,33)/t20-/m1/s1. The Morgan fingerprint density at radius 3 is 2.76 bits per heavy atom. The molecule has 0 aliphatic carbocycles. The van der Waals surface area contributed by atoms with E-state index in [4.69, 9.17) is 11.6 Å². The molecule has 8 nitrogen and oxygen atoms in total. The van der Waals surface area contributed by atoms with Gasteiger partial charge in [0.1, 0.15) is 0 Å². The third-order valence-electron chi connectivity index (χ3n) is 5.54. The van der Waals surface area contributed by atoms with Crippen molar-refractivity contribution < 1.29 is 9.90 Å². The van der Waals surface area contributed by atoms with Crippen molar-refractivity contribution in [2.45, 2.75) is 13.0 Å². The number of fused-ring (bicyclic) bond motifs is 1. The van der Waals surface area contributed by atoms with Crippen molar-refractivity contribution >= 4 is 34.4 Å². The van der Waals surface area contributed by atoms with Gasteiger partial charge in [-0.1, -0.05) is 29.8 Å². The van der Waals surface area contributed by atoms with Gasteiger partial charge in [-0.2, -0.15) is 10.2 Å². The van der Waals surface area contributed by atoms with E-state index in [1.807, 2.05) is 50.8 Å².